The molecule has 0 bridgehead atoms. The maximum absolute atomic E-state index is 11.1. The SMILES string of the molecule is CCCCCCNCC(=O)/C=C/C(C)=O. The van der Waals surface area contributed by atoms with Crippen LogP contribution in [0.25, 0.3) is 0 Å². The molecule has 0 heterocycles. The fourth-order valence-electron chi connectivity index (χ4n) is 1.16. The smallest absolute Gasteiger partial charge is 0.169 e. The summed E-state index contributed by atoms with van der Waals surface area (Å²) >= 11 is 0. The lowest BCUT2D eigenvalue weighted by molar-refractivity contribution is -0.115. The molecule has 0 rings (SSSR count). The van der Waals surface area contributed by atoms with E-state index in [1.54, 1.807) is 0 Å². The maximum atomic E-state index is 11.1. The first-order chi connectivity index (χ1) is 7.16. The normalized spacial score (nSPS) is 10.8. The molecule has 0 unspecified atom stereocenters. The fraction of sp³-hybridized carbons (Fsp3) is 0.667. The lowest BCUT2D eigenvalue weighted by Gasteiger charge is -2.01. The van der Waals surface area contributed by atoms with Crippen LogP contribution in [0.15, 0.2) is 12.2 Å². The van der Waals surface area contributed by atoms with Crippen LogP contribution < -0.4 is 5.32 Å². The van der Waals surface area contributed by atoms with Crippen molar-refractivity contribution in [2.75, 3.05) is 13.1 Å². The summed E-state index contributed by atoms with van der Waals surface area (Å²) in [5, 5.41) is 3.06. The van der Waals surface area contributed by atoms with Gasteiger partial charge < -0.3 is 5.32 Å². The van der Waals surface area contributed by atoms with Gasteiger partial charge >= 0.3 is 0 Å². The van der Waals surface area contributed by atoms with Gasteiger partial charge in [-0.3, -0.25) is 9.59 Å². The van der Waals surface area contributed by atoms with Gasteiger partial charge in [0, 0.05) is 0 Å². The Labute approximate surface area is 91.9 Å². The minimum absolute atomic E-state index is 0.0410. The van der Waals surface area contributed by atoms with Crippen LogP contribution in [0.1, 0.15) is 39.5 Å². The molecule has 0 saturated heterocycles. The summed E-state index contributed by atoms with van der Waals surface area (Å²) < 4.78 is 0. The van der Waals surface area contributed by atoms with Gasteiger partial charge in [-0.2, -0.15) is 0 Å². The third-order valence-electron chi connectivity index (χ3n) is 2.01. The first-order valence-electron chi connectivity index (χ1n) is 5.59. The van der Waals surface area contributed by atoms with Crippen LogP contribution in [0, 0.1) is 0 Å². The molecule has 0 aliphatic heterocycles. The molecule has 0 fully saturated rings. The van der Waals surface area contributed by atoms with Gasteiger partial charge in [-0.25, -0.2) is 0 Å². The van der Waals surface area contributed by atoms with Crippen LogP contribution in [0.5, 0.6) is 0 Å². The van der Waals surface area contributed by atoms with Crippen LogP contribution in [0.4, 0.5) is 0 Å². The highest BCUT2D eigenvalue weighted by Crippen LogP contribution is 1.96. The summed E-state index contributed by atoms with van der Waals surface area (Å²) in [6, 6.07) is 0. The Hall–Kier alpha value is -0.960. The standard InChI is InChI=1S/C12H21NO2/c1-3-4-5-6-9-13-10-12(15)8-7-11(2)14/h7-8,13H,3-6,9-10H2,1-2H3/b8-7+. The van der Waals surface area contributed by atoms with Crippen molar-refractivity contribution < 1.29 is 9.59 Å². The van der Waals surface area contributed by atoms with Gasteiger partial charge in [-0.05, 0) is 32.0 Å². The minimum Gasteiger partial charge on any atom is -0.310 e. The molecule has 86 valence electrons. The van der Waals surface area contributed by atoms with Crippen molar-refractivity contribution in [1.82, 2.24) is 5.32 Å². The molecular formula is C12H21NO2. The number of allylic oxidation sites excluding steroid dienone is 1. The van der Waals surface area contributed by atoms with Crippen molar-refractivity contribution in [3.8, 4) is 0 Å². The van der Waals surface area contributed by atoms with E-state index in [1.807, 2.05) is 0 Å². The summed E-state index contributed by atoms with van der Waals surface area (Å²) in [7, 11) is 0. The predicted octanol–water partition coefficient (Wildman–Crippen LogP) is 1.87. The van der Waals surface area contributed by atoms with Crippen LogP contribution in [0.3, 0.4) is 0 Å². The summed E-state index contributed by atoms with van der Waals surface area (Å²) in [5.41, 5.74) is 0. The number of rotatable bonds is 9. The molecule has 0 amide bonds. The van der Waals surface area contributed by atoms with Crippen molar-refractivity contribution in [3.63, 3.8) is 0 Å². The topological polar surface area (TPSA) is 46.2 Å². The van der Waals surface area contributed by atoms with E-state index in [0.29, 0.717) is 6.54 Å². The average Bonchev–Trinajstić information content (AvgIpc) is 2.20. The summed E-state index contributed by atoms with van der Waals surface area (Å²) in [6.07, 6.45) is 7.43. The molecule has 0 spiro atoms. The van der Waals surface area contributed by atoms with Gasteiger partial charge in [0.15, 0.2) is 11.6 Å². The molecule has 0 atom stereocenters. The number of ketones is 2. The molecule has 0 aliphatic rings. The molecule has 0 saturated carbocycles. The first-order valence-corrected chi connectivity index (χ1v) is 5.59. The number of hydrogen-bond acceptors (Lipinski definition) is 3. The van der Waals surface area contributed by atoms with E-state index in [2.05, 4.69) is 12.2 Å². The molecular weight excluding hydrogens is 190 g/mol. The molecule has 1 N–H and O–H groups in total. The first kappa shape index (κ1) is 14.0. The average molecular weight is 211 g/mol. The van der Waals surface area contributed by atoms with E-state index in [1.165, 1.54) is 38.3 Å². The van der Waals surface area contributed by atoms with E-state index in [4.69, 9.17) is 0 Å². The lowest BCUT2D eigenvalue weighted by atomic mass is 10.2. The fourth-order valence-corrected chi connectivity index (χ4v) is 1.16. The molecule has 0 radical (unpaired) electrons. The van der Waals surface area contributed by atoms with Gasteiger partial charge in [-0.1, -0.05) is 26.2 Å². The minimum atomic E-state index is -0.0914. The van der Waals surface area contributed by atoms with Crippen molar-refractivity contribution in [2.24, 2.45) is 0 Å². The van der Waals surface area contributed by atoms with E-state index >= 15 is 0 Å². The number of carbonyl (C=O) groups excluding carboxylic acids is 2. The van der Waals surface area contributed by atoms with Gasteiger partial charge in [0.05, 0.1) is 6.54 Å². The Morgan fingerprint density at radius 2 is 1.87 bits per heavy atom. The van der Waals surface area contributed by atoms with E-state index in [-0.39, 0.29) is 11.6 Å². The molecule has 15 heavy (non-hydrogen) atoms. The molecule has 0 aromatic carbocycles. The second-order valence-corrected chi connectivity index (χ2v) is 3.65. The highest BCUT2D eigenvalue weighted by Gasteiger charge is 1.95. The second kappa shape index (κ2) is 9.59. The van der Waals surface area contributed by atoms with E-state index in [0.717, 1.165) is 13.0 Å². The third kappa shape index (κ3) is 11.0. The van der Waals surface area contributed by atoms with Gasteiger partial charge in [0.2, 0.25) is 0 Å². The van der Waals surface area contributed by atoms with Crippen LogP contribution in [-0.2, 0) is 9.59 Å². The van der Waals surface area contributed by atoms with E-state index < -0.39 is 0 Å². The largest absolute Gasteiger partial charge is 0.310 e. The summed E-state index contributed by atoms with van der Waals surface area (Å²) in [4.78, 5) is 21.7. The monoisotopic (exact) mass is 211 g/mol. The second-order valence-electron chi connectivity index (χ2n) is 3.65. The van der Waals surface area contributed by atoms with Gasteiger partial charge in [-0.15, -0.1) is 0 Å². The number of carbonyl (C=O) groups is 2. The van der Waals surface area contributed by atoms with Crippen molar-refractivity contribution in [3.05, 3.63) is 12.2 Å². The summed E-state index contributed by atoms with van der Waals surface area (Å²) in [6.45, 7) is 4.81. The van der Waals surface area contributed by atoms with Gasteiger partial charge in [0.25, 0.3) is 0 Å². The van der Waals surface area contributed by atoms with Crippen LogP contribution in [0.2, 0.25) is 0 Å². The maximum Gasteiger partial charge on any atom is 0.169 e. The number of hydrogen-bond donors (Lipinski definition) is 1. The van der Waals surface area contributed by atoms with Crippen molar-refractivity contribution in [1.29, 1.82) is 0 Å². The lowest BCUT2D eigenvalue weighted by Crippen LogP contribution is -2.22. The Morgan fingerprint density at radius 1 is 1.13 bits per heavy atom. The highest BCUT2D eigenvalue weighted by atomic mass is 16.1. The molecule has 0 aromatic rings. The third-order valence-corrected chi connectivity index (χ3v) is 2.01. The van der Waals surface area contributed by atoms with Crippen molar-refractivity contribution in [2.45, 2.75) is 39.5 Å². The molecule has 3 heteroatoms. The zero-order chi connectivity index (χ0) is 11.5. The summed E-state index contributed by atoms with van der Waals surface area (Å²) in [5.74, 6) is -0.132. The van der Waals surface area contributed by atoms with Crippen LogP contribution in [-0.4, -0.2) is 24.7 Å². The van der Waals surface area contributed by atoms with E-state index in [9.17, 15) is 9.59 Å². The molecule has 3 nitrogen and oxygen atoms in total. The molecule has 0 aromatic heterocycles. The number of unbranched alkanes of at least 4 members (excludes halogenated alkanes) is 3. The van der Waals surface area contributed by atoms with Crippen LogP contribution >= 0.6 is 0 Å². The number of nitrogens with one attached hydrogen (secondary N) is 1. The highest BCUT2D eigenvalue weighted by molar-refractivity contribution is 5.98. The zero-order valence-corrected chi connectivity index (χ0v) is 9.71. The Morgan fingerprint density at radius 3 is 2.47 bits per heavy atom. The van der Waals surface area contributed by atoms with Gasteiger partial charge in [0.1, 0.15) is 0 Å². The Kier molecular flexibility index (Phi) is 8.98. The quantitative estimate of drug-likeness (QED) is 0.468. The molecule has 0 aliphatic carbocycles. The predicted molar refractivity (Wildman–Crippen MR) is 61.8 cm³/mol. The Balaban J connectivity index is 3.35. The Bertz CT molecular complexity index is 222. The zero-order valence-electron chi connectivity index (χ0n) is 9.71. The van der Waals surface area contributed by atoms with Crippen molar-refractivity contribution >= 4 is 11.6 Å².